The maximum absolute atomic E-state index is 11.1. The van der Waals surface area contributed by atoms with Crippen molar-refractivity contribution >= 4 is 11.7 Å². The van der Waals surface area contributed by atoms with Crippen molar-refractivity contribution in [2.75, 3.05) is 18.0 Å². The molecule has 86 valence electrons. The lowest BCUT2D eigenvalue weighted by molar-refractivity contribution is -0.146. The van der Waals surface area contributed by atoms with E-state index in [4.69, 9.17) is 5.11 Å². The van der Waals surface area contributed by atoms with Crippen LogP contribution >= 0.6 is 0 Å². The maximum atomic E-state index is 11.1. The van der Waals surface area contributed by atoms with Crippen molar-refractivity contribution in [3.63, 3.8) is 0 Å². The van der Waals surface area contributed by atoms with Crippen molar-refractivity contribution in [2.24, 2.45) is 5.41 Å². The van der Waals surface area contributed by atoms with Crippen LogP contribution in [0.3, 0.4) is 0 Å². The first kappa shape index (κ1) is 10.9. The van der Waals surface area contributed by atoms with Gasteiger partial charge in [0.1, 0.15) is 0 Å². The van der Waals surface area contributed by atoms with Gasteiger partial charge in [0.2, 0.25) is 0 Å². The Balaban J connectivity index is 2.22. The molecule has 1 saturated heterocycles. The highest BCUT2D eigenvalue weighted by atomic mass is 16.4. The van der Waals surface area contributed by atoms with E-state index < -0.39 is 11.4 Å². The van der Waals surface area contributed by atoms with Gasteiger partial charge in [-0.25, -0.2) is 0 Å². The number of carboxylic acid groups (broad SMARTS) is 1. The first-order valence-corrected chi connectivity index (χ1v) is 5.42. The fourth-order valence-electron chi connectivity index (χ4n) is 2.16. The second-order valence-electron chi connectivity index (χ2n) is 4.70. The van der Waals surface area contributed by atoms with Crippen molar-refractivity contribution in [1.29, 1.82) is 0 Å². The lowest BCUT2D eigenvalue weighted by Gasteiger charge is -2.22. The molecule has 2 rings (SSSR count). The Bertz CT molecular complexity index is 419. The monoisotopic (exact) mass is 220 g/mol. The molecule has 1 fully saturated rings. The molecule has 4 nitrogen and oxygen atoms in total. The number of nitrogens with zero attached hydrogens (tertiary/aromatic N) is 2. The number of rotatable bonds is 2. The van der Waals surface area contributed by atoms with Crippen molar-refractivity contribution in [1.82, 2.24) is 4.98 Å². The van der Waals surface area contributed by atoms with Crippen LogP contribution in [0.2, 0.25) is 0 Å². The van der Waals surface area contributed by atoms with E-state index in [0.29, 0.717) is 13.0 Å². The van der Waals surface area contributed by atoms with Crippen LogP contribution in [-0.4, -0.2) is 29.1 Å². The number of hydrogen-bond donors (Lipinski definition) is 1. The molecule has 1 aromatic rings. The number of aromatic nitrogens is 1. The van der Waals surface area contributed by atoms with Gasteiger partial charge in [-0.15, -0.1) is 0 Å². The number of anilines is 1. The minimum Gasteiger partial charge on any atom is -0.481 e. The zero-order valence-corrected chi connectivity index (χ0v) is 9.60. The molecule has 16 heavy (non-hydrogen) atoms. The summed E-state index contributed by atoms with van der Waals surface area (Å²) in [6.07, 6.45) is 4.26. The zero-order valence-electron chi connectivity index (χ0n) is 9.60. The molecule has 0 aromatic carbocycles. The van der Waals surface area contributed by atoms with Gasteiger partial charge in [0.15, 0.2) is 0 Å². The third-order valence-corrected chi connectivity index (χ3v) is 3.32. The Morgan fingerprint density at radius 1 is 1.62 bits per heavy atom. The maximum Gasteiger partial charge on any atom is 0.311 e. The predicted molar refractivity (Wildman–Crippen MR) is 61.5 cm³/mol. The van der Waals surface area contributed by atoms with Crippen molar-refractivity contribution in [3.05, 3.63) is 24.0 Å². The molecule has 0 bridgehead atoms. The molecule has 4 heteroatoms. The Kier molecular flexibility index (Phi) is 2.58. The molecule has 1 aliphatic heterocycles. The third-order valence-electron chi connectivity index (χ3n) is 3.32. The van der Waals surface area contributed by atoms with Gasteiger partial charge >= 0.3 is 5.97 Å². The minimum absolute atomic E-state index is 0.577. The second kappa shape index (κ2) is 3.77. The highest BCUT2D eigenvalue weighted by Crippen LogP contribution is 2.34. The molecule has 1 N–H and O–H groups in total. The van der Waals surface area contributed by atoms with Crippen LogP contribution in [0.1, 0.15) is 18.9 Å². The highest BCUT2D eigenvalue weighted by molar-refractivity contribution is 5.76. The van der Waals surface area contributed by atoms with Gasteiger partial charge in [0, 0.05) is 31.2 Å². The molecule has 2 heterocycles. The summed E-state index contributed by atoms with van der Waals surface area (Å²) in [6, 6.07) is 1.95. The van der Waals surface area contributed by atoms with E-state index in [-0.39, 0.29) is 0 Å². The van der Waals surface area contributed by atoms with Crippen molar-refractivity contribution in [3.8, 4) is 0 Å². The lowest BCUT2D eigenvalue weighted by Crippen LogP contribution is -2.31. The van der Waals surface area contributed by atoms with Gasteiger partial charge in [-0.05, 0) is 31.9 Å². The van der Waals surface area contributed by atoms with Crippen molar-refractivity contribution in [2.45, 2.75) is 20.3 Å². The average molecular weight is 220 g/mol. The van der Waals surface area contributed by atoms with E-state index in [1.54, 1.807) is 6.20 Å². The van der Waals surface area contributed by atoms with E-state index >= 15 is 0 Å². The minimum atomic E-state index is -0.707. The Hall–Kier alpha value is -1.58. The summed E-state index contributed by atoms with van der Waals surface area (Å²) in [5, 5.41) is 9.17. The van der Waals surface area contributed by atoms with Gasteiger partial charge in [-0.3, -0.25) is 9.78 Å². The number of carbonyl (C=O) groups is 1. The molecule has 0 amide bonds. The number of aliphatic carboxylic acids is 1. The summed E-state index contributed by atoms with van der Waals surface area (Å²) >= 11 is 0. The summed E-state index contributed by atoms with van der Waals surface area (Å²) in [5.41, 5.74) is 1.58. The lowest BCUT2D eigenvalue weighted by atomic mass is 9.90. The number of pyridine rings is 1. The summed E-state index contributed by atoms with van der Waals surface area (Å²) in [5.74, 6) is -0.707. The standard InChI is InChI=1S/C12H16N2O2/c1-9-7-13-5-3-10(9)14-6-4-12(2,8-14)11(15)16/h3,5,7H,4,6,8H2,1-2H3,(H,15,16). The van der Waals surface area contributed by atoms with Crippen LogP contribution in [0.5, 0.6) is 0 Å². The second-order valence-corrected chi connectivity index (χ2v) is 4.70. The molecule has 1 atom stereocenters. The van der Waals surface area contributed by atoms with Crippen LogP contribution in [0.15, 0.2) is 18.5 Å². The number of carboxylic acids is 1. The molecule has 0 spiro atoms. The Morgan fingerprint density at radius 3 is 2.94 bits per heavy atom. The summed E-state index contributed by atoms with van der Waals surface area (Å²) in [4.78, 5) is 17.3. The number of aryl methyl sites for hydroxylation is 1. The van der Waals surface area contributed by atoms with Gasteiger partial charge in [0.05, 0.1) is 5.41 Å². The van der Waals surface area contributed by atoms with E-state index in [0.717, 1.165) is 17.8 Å². The smallest absolute Gasteiger partial charge is 0.311 e. The normalized spacial score (nSPS) is 24.8. The van der Waals surface area contributed by atoms with Gasteiger partial charge < -0.3 is 10.0 Å². The fourth-order valence-corrected chi connectivity index (χ4v) is 2.16. The molecule has 0 aliphatic carbocycles. The number of hydrogen-bond acceptors (Lipinski definition) is 3. The molecule has 1 unspecified atom stereocenters. The largest absolute Gasteiger partial charge is 0.481 e. The van der Waals surface area contributed by atoms with E-state index in [9.17, 15) is 4.79 Å². The van der Waals surface area contributed by atoms with Gasteiger partial charge in [-0.2, -0.15) is 0 Å². The Morgan fingerprint density at radius 2 is 2.38 bits per heavy atom. The summed E-state index contributed by atoms with van der Waals surface area (Å²) in [6.45, 7) is 5.19. The summed E-state index contributed by atoms with van der Waals surface area (Å²) in [7, 11) is 0. The van der Waals surface area contributed by atoms with E-state index in [1.165, 1.54) is 0 Å². The Labute approximate surface area is 94.9 Å². The molecule has 1 aliphatic rings. The zero-order chi connectivity index (χ0) is 11.8. The molecule has 0 radical (unpaired) electrons. The van der Waals surface area contributed by atoms with Gasteiger partial charge in [0.25, 0.3) is 0 Å². The van der Waals surface area contributed by atoms with Crippen molar-refractivity contribution < 1.29 is 9.90 Å². The predicted octanol–water partition coefficient (Wildman–Crippen LogP) is 1.69. The van der Waals surface area contributed by atoms with E-state index in [2.05, 4.69) is 9.88 Å². The SMILES string of the molecule is Cc1cnccc1N1CCC(C)(C(=O)O)C1. The molecule has 1 aromatic heterocycles. The highest BCUT2D eigenvalue weighted by Gasteiger charge is 2.40. The average Bonchev–Trinajstić information content (AvgIpc) is 2.63. The van der Waals surface area contributed by atoms with Crippen LogP contribution in [0.4, 0.5) is 5.69 Å². The first-order valence-electron chi connectivity index (χ1n) is 5.42. The van der Waals surface area contributed by atoms with E-state index in [1.807, 2.05) is 26.1 Å². The first-order chi connectivity index (χ1) is 7.53. The van der Waals surface area contributed by atoms with Crippen LogP contribution in [0, 0.1) is 12.3 Å². The molecule has 0 saturated carbocycles. The fraction of sp³-hybridized carbons (Fsp3) is 0.500. The summed E-state index contributed by atoms with van der Waals surface area (Å²) < 4.78 is 0. The molecular formula is C12H16N2O2. The van der Waals surface area contributed by atoms with Crippen LogP contribution in [-0.2, 0) is 4.79 Å². The quantitative estimate of drug-likeness (QED) is 0.824. The topological polar surface area (TPSA) is 53.4 Å². The van der Waals surface area contributed by atoms with Crippen LogP contribution < -0.4 is 4.90 Å². The van der Waals surface area contributed by atoms with Gasteiger partial charge in [-0.1, -0.05) is 0 Å². The third kappa shape index (κ3) is 1.75. The molecular weight excluding hydrogens is 204 g/mol. The van der Waals surface area contributed by atoms with Crippen LogP contribution in [0.25, 0.3) is 0 Å².